The molecule has 0 unspecified atom stereocenters. The van der Waals surface area contributed by atoms with Gasteiger partial charge in [-0.15, -0.1) is 0 Å². The van der Waals surface area contributed by atoms with Crippen molar-refractivity contribution in [2.45, 2.75) is 18.9 Å². The van der Waals surface area contributed by atoms with E-state index in [1.165, 1.54) is 18.1 Å². The van der Waals surface area contributed by atoms with Crippen LogP contribution in [0.2, 0.25) is 0 Å². The van der Waals surface area contributed by atoms with E-state index >= 15 is 0 Å². The highest BCUT2D eigenvalue weighted by Gasteiger charge is 2.22. The van der Waals surface area contributed by atoms with E-state index in [-0.39, 0.29) is 11.5 Å². The minimum Gasteiger partial charge on any atom is -0.367 e. The summed E-state index contributed by atoms with van der Waals surface area (Å²) in [6.07, 6.45) is 1.33. The van der Waals surface area contributed by atoms with Crippen LogP contribution in [-0.2, 0) is 0 Å². The number of nitro groups is 1. The number of rotatable bonds is 5. The van der Waals surface area contributed by atoms with Gasteiger partial charge in [-0.3, -0.25) is 10.1 Å². The number of hydrogen-bond donors (Lipinski definition) is 1. The molecular formula is C9H14N4O2S. The summed E-state index contributed by atoms with van der Waals surface area (Å²) < 4.78 is 0. The first-order chi connectivity index (χ1) is 7.56. The van der Waals surface area contributed by atoms with Gasteiger partial charge in [0.15, 0.2) is 5.03 Å². The molecule has 0 spiro atoms. The van der Waals surface area contributed by atoms with E-state index in [9.17, 15) is 10.1 Å². The van der Waals surface area contributed by atoms with Gasteiger partial charge in [-0.2, -0.15) is 0 Å². The largest absolute Gasteiger partial charge is 0.367 e. The average Bonchev–Trinajstić information content (AvgIpc) is 2.25. The van der Waals surface area contributed by atoms with Crippen molar-refractivity contribution in [3.63, 3.8) is 0 Å². The van der Waals surface area contributed by atoms with Crippen LogP contribution >= 0.6 is 11.8 Å². The average molecular weight is 242 g/mol. The van der Waals surface area contributed by atoms with Crippen molar-refractivity contribution in [3.05, 3.63) is 16.4 Å². The second-order valence-electron chi connectivity index (χ2n) is 3.59. The molecule has 0 fully saturated rings. The Morgan fingerprint density at radius 3 is 2.75 bits per heavy atom. The molecule has 0 saturated carbocycles. The molecule has 7 heteroatoms. The van der Waals surface area contributed by atoms with Crippen molar-refractivity contribution < 1.29 is 4.92 Å². The zero-order valence-corrected chi connectivity index (χ0v) is 10.2. The Labute approximate surface area is 98.0 Å². The van der Waals surface area contributed by atoms with E-state index in [0.29, 0.717) is 10.9 Å². The van der Waals surface area contributed by atoms with Gasteiger partial charge in [0.25, 0.3) is 0 Å². The van der Waals surface area contributed by atoms with Crippen LogP contribution < -0.4 is 5.32 Å². The fraction of sp³-hybridized carbons (Fsp3) is 0.556. The molecule has 0 saturated heterocycles. The van der Waals surface area contributed by atoms with Crippen molar-refractivity contribution >= 4 is 23.3 Å². The first kappa shape index (κ1) is 12.7. The first-order valence-corrected chi connectivity index (χ1v) is 5.84. The van der Waals surface area contributed by atoms with Gasteiger partial charge in [0.1, 0.15) is 6.33 Å². The summed E-state index contributed by atoms with van der Waals surface area (Å²) >= 11 is 1.38. The maximum atomic E-state index is 10.9. The van der Waals surface area contributed by atoms with Crippen LogP contribution in [0.3, 0.4) is 0 Å². The highest BCUT2D eigenvalue weighted by Crippen LogP contribution is 2.32. The standard InChI is InChI=1S/C9H14N4O2S/c1-6(2)4-16-9-7(13(14)15)8(10-3)11-5-12-9/h5-6H,4H2,1-3H3,(H,10,11,12). The molecule has 0 amide bonds. The van der Waals surface area contributed by atoms with Crippen LogP contribution in [0.5, 0.6) is 0 Å². The van der Waals surface area contributed by atoms with Crippen molar-refractivity contribution in [1.82, 2.24) is 9.97 Å². The Morgan fingerprint density at radius 1 is 1.56 bits per heavy atom. The predicted molar refractivity (Wildman–Crippen MR) is 63.8 cm³/mol. The zero-order valence-electron chi connectivity index (χ0n) is 9.43. The molecule has 0 aliphatic rings. The lowest BCUT2D eigenvalue weighted by Crippen LogP contribution is -2.03. The molecule has 1 rings (SSSR count). The smallest absolute Gasteiger partial charge is 0.343 e. The normalized spacial score (nSPS) is 10.5. The highest BCUT2D eigenvalue weighted by atomic mass is 32.2. The Balaban J connectivity index is 3.02. The minimum absolute atomic E-state index is 0.0457. The molecule has 1 aromatic rings. The van der Waals surface area contributed by atoms with Gasteiger partial charge in [0, 0.05) is 12.8 Å². The molecule has 0 atom stereocenters. The number of aromatic nitrogens is 2. The molecule has 1 N–H and O–H groups in total. The molecule has 16 heavy (non-hydrogen) atoms. The summed E-state index contributed by atoms with van der Waals surface area (Å²) in [5, 5.41) is 14.0. The lowest BCUT2D eigenvalue weighted by Gasteiger charge is -2.06. The van der Waals surface area contributed by atoms with Crippen LogP contribution in [0.25, 0.3) is 0 Å². The summed E-state index contributed by atoms with van der Waals surface area (Å²) in [4.78, 5) is 18.2. The van der Waals surface area contributed by atoms with Gasteiger partial charge < -0.3 is 5.32 Å². The van der Waals surface area contributed by atoms with E-state index < -0.39 is 4.92 Å². The summed E-state index contributed by atoms with van der Waals surface area (Å²) in [6, 6.07) is 0. The fourth-order valence-corrected chi connectivity index (χ4v) is 1.98. The predicted octanol–water partition coefficient (Wildman–Crippen LogP) is 2.17. The van der Waals surface area contributed by atoms with E-state index in [2.05, 4.69) is 29.1 Å². The van der Waals surface area contributed by atoms with E-state index in [1.54, 1.807) is 7.05 Å². The monoisotopic (exact) mass is 242 g/mol. The van der Waals surface area contributed by atoms with Gasteiger partial charge in [0.05, 0.1) is 4.92 Å². The van der Waals surface area contributed by atoms with Crippen LogP contribution in [0.4, 0.5) is 11.5 Å². The van der Waals surface area contributed by atoms with Crippen LogP contribution in [0.1, 0.15) is 13.8 Å². The second-order valence-corrected chi connectivity index (χ2v) is 4.60. The van der Waals surface area contributed by atoms with E-state index in [0.717, 1.165) is 5.75 Å². The SMILES string of the molecule is CNc1ncnc(SCC(C)C)c1[N+](=O)[O-]. The third kappa shape index (κ3) is 3.06. The van der Waals surface area contributed by atoms with Gasteiger partial charge in [-0.25, -0.2) is 9.97 Å². The molecule has 0 aliphatic heterocycles. The highest BCUT2D eigenvalue weighted by molar-refractivity contribution is 7.99. The Morgan fingerprint density at radius 2 is 2.25 bits per heavy atom. The Hall–Kier alpha value is -1.37. The number of anilines is 1. The quantitative estimate of drug-likeness (QED) is 0.369. The Kier molecular flexibility index (Phi) is 4.48. The van der Waals surface area contributed by atoms with Crippen LogP contribution in [-0.4, -0.2) is 27.7 Å². The summed E-state index contributed by atoms with van der Waals surface area (Å²) in [5.74, 6) is 1.50. The summed E-state index contributed by atoms with van der Waals surface area (Å²) in [5.41, 5.74) is -0.0457. The number of hydrogen-bond acceptors (Lipinski definition) is 6. The Bertz CT molecular complexity index is 384. The fourth-order valence-electron chi connectivity index (χ4n) is 1.06. The number of nitrogens with one attached hydrogen (secondary N) is 1. The first-order valence-electron chi connectivity index (χ1n) is 4.86. The van der Waals surface area contributed by atoms with Crippen molar-refractivity contribution in [3.8, 4) is 0 Å². The van der Waals surface area contributed by atoms with Gasteiger partial charge in [-0.05, 0) is 5.92 Å². The van der Waals surface area contributed by atoms with E-state index in [1.807, 2.05) is 0 Å². The van der Waals surface area contributed by atoms with Crippen LogP contribution in [0, 0.1) is 16.0 Å². The number of thioether (sulfide) groups is 1. The molecule has 1 heterocycles. The molecule has 6 nitrogen and oxygen atoms in total. The lowest BCUT2D eigenvalue weighted by atomic mass is 10.3. The van der Waals surface area contributed by atoms with Gasteiger partial charge in [0.2, 0.25) is 5.82 Å². The zero-order chi connectivity index (χ0) is 12.1. The molecule has 0 bridgehead atoms. The molecule has 1 aromatic heterocycles. The molecule has 88 valence electrons. The summed E-state index contributed by atoms with van der Waals surface area (Å²) in [7, 11) is 1.60. The van der Waals surface area contributed by atoms with Crippen molar-refractivity contribution in [2.75, 3.05) is 18.1 Å². The van der Waals surface area contributed by atoms with Gasteiger partial charge in [-0.1, -0.05) is 25.6 Å². The topological polar surface area (TPSA) is 81.0 Å². The minimum atomic E-state index is -0.450. The lowest BCUT2D eigenvalue weighted by molar-refractivity contribution is -0.387. The van der Waals surface area contributed by atoms with Gasteiger partial charge >= 0.3 is 5.69 Å². The van der Waals surface area contributed by atoms with Crippen molar-refractivity contribution in [2.24, 2.45) is 5.92 Å². The maximum absolute atomic E-state index is 10.9. The molecule has 0 aliphatic carbocycles. The maximum Gasteiger partial charge on any atom is 0.343 e. The molecule has 0 radical (unpaired) electrons. The second kappa shape index (κ2) is 5.64. The van der Waals surface area contributed by atoms with E-state index in [4.69, 9.17) is 0 Å². The summed E-state index contributed by atoms with van der Waals surface area (Å²) in [6.45, 7) is 4.11. The molecule has 0 aromatic carbocycles. The van der Waals surface area contributed by atoms with Crippen molar-refractivity contribution in [1.29, 1.82) is 0 Å². The molecular weight excluding hydrogens is 228 g/mol. The number of nitrogens with zero attached hydrogens (tertiary/aromatic N) is 3. The third-order valence-electron chi connectivity index (χ3n) is 1.76. The third-order valence-corrected chi connectivity index (χ3v) is 3.17. The van der Waals surface area contributed by atoms with Crippen LogP contribution in [0.15, 0.2) is 11.4 Å².